The molecule has 4 atom stereocenters. The molecule has 2 rings (SSSR count). The molecule has 0 heterocycles. The van der Waals surface area contributed by atoms with Crippen molar-refractivity contribution in [1.82, 2.24) is 0 Å². The van der Waals surface area contributed by atoms with Crippen LogP contribution in [0.2, 0.25) is 0 Å². The Bertz CT molecular complexity index is 414. The van der Waals surface area contributed by atoms with Crippen LogP contribution in [0.3, 0.4) is 0 Å². The maximum atomic E-state index is 11.5. The average Bonchev–Trinajstić information content (AvgIpc) is 2.25. The summed E-state index contributed by atoms with van der Waals surface area (Å²) in [5, 5.41) is 11.4. The van der Waals surface area contributed by atoms with E-state index in [2.05, 4.69) is 20.4 Å². The molecule has 0 saturated heterocycles. The summed E-state index contributed by atoms with van der Waals surface area (Å²) in [4.78, 5) is 11.5. The van der Waals surface area contributed by atoms with Crippen LogP contribution in [-0.2, 0) is 9.53 Å². The molecule has 2 aliphatic rings. The van der Waals surface area contributed by atoms with Gasteiger partial charge in [0.25, 0.3) is 0 Å². The van der Waals surface area contributed by atoms with Crippen LogP contribution in [0.5, 0.6) is 0 Å². The van der Waals surface area contributed by atoms with E-state index in [1.165, 1.54) is 6.92 Å². The molecule has 3 nitrogen and oxygen atoms in total. The summed E-state index contributed by atoms with van der Waals surface area (Å²) >= 11 is 0. The van der Waals surface area contributed by atoms with Crippen molar-refractivity contribution in [1.29, 1.82) is 0 Å². The minimum atomic E-state index is -0.772. The number of ether oxygens (including phenoxy) is 1. The summed E-state index contributed by atoms with van der Waals surface area (Å²) in [6.07, 6.45) is 4.19. The lowest BCUT2D eigenvalue weighted by Gasteiger charge is -2.57. The number of carbonyl (C=O) groups excluding carboxylic acids is 1. The van der Waals surface area contributed by atoms with Gasteiger partial charge < -0.3 is 9.84 Å². The summed E-state index contributed by atoms with van der Waals surface area (Å²) in [5.74, 6) is 0.455. The topological polar surface area (TPSA) is 46.5 Å². The minimum Gasteiger partial charge on any atom is -0.459 e. The molecule has 3 unspecified atom stereocenters. The van der Waals surface area contributed by atoms with E-state index in [1.54, 1.807) is 0 Å². The van der Waals surface area contributed by atoms with Crippen LogP contribution in [0, 0.1) is 17.8 Å². The van der Waals surface area contributed by atoms with Crippen molar-refractivity contribution in [2.75, 3.05) is 0 Å². The molecular weight excluding hydrogens is 252 g/mol. The molecule has 0 aromatic rings. The highest BCUT2D eigenvalue weighted by atomic mass is 16.6. The van der Waals surface area contributed by atoms with Crippen LogP contribution in [-0.4, -0.2) is 22.3 Å². The first kappa shape index (κ1) is 15.6. The predicted octanol–water partition coefficient (Wildman–Crippen LogP) is 3.46. The van der Waals surface area contributed by atoms with E-state index in [1.807, 2.05) is 6.92 Å². The lowest BCUT2D eigenvalue weighted by atomic mass is 9.54. The zero-order valence-corrected chi connectivity index (χ0v) is 13.2. The number of hydrogen-bond donors (Lipinski definition) is 1. The highest BCUT2D eigenvalue weighted by Gasteiger charge is 2.58. The summed E-state index contributed by atoms with van der Waals surface area (Å²) < 4.78 is 5.65. The Labute approximate surface area is 122 Å². The van der Waals surface area contributed by atoms with Crippen LogP contribution in [0.25, 0.3) is 0 Å². The zero-order valence-electron chi connectivity index (χ0n) is 13.2. The Hall–Kier alpha value is -0.830. The SMILES string of the molecule is C=C1CC[C@H]2C(C)(OC(C)=O)CCC(C(C)C)C2(O)C1. The van der Waals surface area contributed by atoms with Gasteiger partial charge in [-0.05, 0) is 50.9 Å². The monoisotopic (exact) mass is 280 g/mol. The van der Waals surface area contributed by atoms with Crippen molar-refractivity contribution >= 4 is 5.97 Å². The van der Waals surface area contributed by atoms with E-state index in [0.29, 0.717) is 12.3 Å². The third kappa shape index (κ3) is 2.52. The number of carbonyl (C=O) groups is 1. The molecule has 3 heteroatoms. The maximum Gasteiger partial charge on any atom is 0.303 e. The molecule has 114 valence electrons. The molecule has 2 aliphatic carbocycles. The fourth-order valence-corrected chi connectivity index (χ4v) is 4.66. The van der Waals surface area contributed by atoms with Gasteiger partial charge in [0.1, 0.15) is 5.60 Å². The third-order valence-corrected chi connectivity index (χ3v) is 5.44. The van der Waals surface area contributed by atoms with Crippen molar-refractivity contribution in [3.05, 3.63) is 12.2 Å². The Balaban J connectivity index is 2.36. The van der Waals surface area contributed by atoms with E-state index >= 15 is 0 Å². The van der Waals surface area contributed by atoms with Gasteiger partial charge >= 0.3 is 5.97 Å². The van der Waals surface area contributed by atoms with Gasteiger partial charge in [-0.2, -0.15) is 0 Å². The van der Waals surface area contributed by atoms with Gasteiger partial charge in [0, 0.05) is 12.8 Å². The molecule has 0 aromatic carbocycles. The maximum absolute atomic E-state index is 11.5. The summed E-state index contributed by atoms with van der Waals surface area (Å²) in [5.41, 5.74) is -0.181. The molecular formula is C17H28O3. The van der Waals surface area contributed by atoms with Gasteiger partial charge in [0.05, 0.1) is 5.60 Å². The minimum absolute atomic E-state index is 0.0190. The largest absolute Gasteiger partial charge is 0.459 e. The summed E-state index contributed by atoms with van der Waals surface area (Å²) in [6, 6.07) is 0. The van der Waals surface area contributed by atoms with Gasteiger partial charge in [-0.15, -0.1) is 0 Å². The van der Waals surface area contributed by atoms with Crippen LogP contribution < -0.4 is 0 Å². The van der Waals surface area contributed by atoms with Crippen molar-refractivity contribution in [2.45, 2.75) is 71.0 Å². The highest BCUT2D eigenvalue weighted by molar-refractivity contribution is 5.66. The first-order chi connectivity index (χ1) is 9.19. The second kappa shape index (κ2) is 5.18. The number of esters is 1. The molecule has 0 bridgehead atoms. The second-order valence-electron chi connectivity index (χ2n) is 7.30. The predicted molar refractivity (Wildman–Crippen MR) is 79.2 cm³/mol. The Morgan fingerprint density at radius 1 is 1.45 bits per heavy atom. The molecule has 1 N–H and O–H groups in total. The Morgan fingerprint density at radius 3 is 2.65 bits per heavy atom. The molecule has 0 aliphatic heterocycles. The number of rotatable bonds is 2. The Morgan fingerprint density at radius 2 is 2.10 bits per heavy atom. The Kier molecular flexibility index (Phi) is 4.03. The lowest BCUT2D eigenvalue weighted by Crippen LogP contribution is -2.62. The summed E-state index contributed by atoms with van der Waals surface area (Å²) in [7, 11) is 0. The molecule has 0 amide bonds. The fourth-order valence-electron chi connectivity index (χ4n) is 4.66. The summed E-state index contributed by atoms with van der Waals surface area (Å²) in [6.45, 7) is 11.9. The van der Waals surface area contributed by atoms with Crippen molar-refractivity contribution in [2.24, 2.45) is 17.8 Å². The molecule has 0 radical (unpaired) electrons. The van der Waals surface area contributed by atoms with Crippen molar-refractivity contribution in [3.63, 3.8) is 0 Å². The van der Waals surface area contributed by atoms with E-state index in [-0.39, 0.29) is 17.8 Å². The van der Waals surface area contributed by atoms with Crippen LogP contribution in [0.15, 0.2) is 12.2 Å². The lowest BCUT2D eigenvalue weighted by molar-refractivity contribution is -0.215. The fraction of sp³-hybridized carbons (Fsp3) is 0.824. The van der Waals surface area contributed by atoms with Crippen LogP contribution in [0.1, 0.15) is 59.8 Å². The second-order valence-corrected chi connectivity index (χ2v) is 7.30. The van der Waals surface area contributed by atoms with Gasteiger partial charge in [-0.3, -0.25) is 4.79 Å². The third-order valence-electron chi connectivity index (χ3n) is 5.44. The van der Waals surface area contributed by atoms with Gasteiger partial charge in [0.15, 0.2) is 0 Å². The molecule has 0 aromatic heterocycles. The first-order valence-electron chi connectivity index (χ1n) is 7.77. The molecule has 2 fully saturated rings. The quantitative estimate of drug-likeness (QED) is 0.622. The molecule has 2 saturated carbocycles. The smallest absolute Gasteiger partial charge is 0.303 e. The molecule has 20 heavy (non-hydrogen) atoms. The van der Waals surface area contributed by atoms with Crippen LogP contribution >= 0.6 is 0 Å². The highest BCUT2D eigenvalue weighted by Crippen LogP contribution is 2.55. The van der Waals surface area contributed by atoms with E-state index in [9.17, 15) is 9.90 Å². The number of aliphatic hydroxyl groups is 1. The van der Waals surface area contributed by atoms with Crippen molar-refractivity contribution < 1.29 is 14.6 Å². The molecule has 0 spiro atoms. The van der Waals surface area contributed by atoms with Gasteiger partial charge in [-0.25, -0.2) is 0 Å². The normalized spacial score (nSPS) is 41.4. The van der Waals surface area contributed by atoms with E-state index in [0.717, 1.165) is 31.3 Å². The number of hydrogen-bond acceptors (Lipinski definition) is 3. The average molecular weight is 280 g/mol. The first-order valence-corrected chi connectivity index (χ1v) is 7.77. The van der Waals surface area contributed by atoms with Gasteiger partial charge in [-0.1, -0.05) is 26.0 Å². The van der Waals surface area contributed by atoms with Crippen molar-refractivity contribution in [3.8, 4) is 0 Å². The van der Waals surface area contributed by atoms with E-state index < -0.39 is 11.2 Å². The zero-order chi connectivity index (χ0) is 15.1. The number of fused-ring (bicyclic) bond motifs is 1. The van der Waals surface area contributed by atoms with Gasteiger partial charge in [0.2, 0.25) is 0 Å². The standard InChI is InChI=1S/C17H28O3/c1-11(2)14-8-9-16(5,20-13(4)18)15-7-6-12(3)10-17(14,15)19/h11,14-15,19H,3,6-10H2,1-2,4-5H3/t14?,15-,16?,17?/m0/s1. The van der Waals surface area contributed by atoms with Crippen LogP contribution in [0.4, 0.5) is 0 Å². The van der Waals surface area contributed by atoms with E-state index in [4.69, 9.17) is 4.74 Å².